The summed E-state index contributed by atoms with van der Waals surface area (Å²) in [4.78, 5) is 0. The summed E-state index contributed by atoms with van der Waals surface area (Å²) in [7, 11) is 3.42. The first kappa shape index (κ1) is 18.1. The summed E-state index contributed by atoms with van der Waals surface area (Å²) in [5.74, 6) is 1.86. The van der Waals surface area contributed by atoms with Crippen LogP contribution in [0.5, 0.6) is 11.5 Å². The molecule has 0 aromatic heterocycles. The highest BCUT2D eigenvalue weighted by molar-refractivity contribution is 5.85. The highest BCUT2D eigenvalue weighted by Crippen LogP contribution is 2.30. The van der Waals surface area contributed by atoms with Crippen molar-refractivity contribution in [1.82, 2.24) is 0 Å². The number of nitrogens with two attached hydrogens (primary N) is 1. The summed E-state index contributed by atoms with van der Waals surface area (Å²) in [6.45, 7) is 4.26. The van der Waals surface area contributed by atoms with Crippen LogP contribution < -0.4 is 15.2 Å². The van der Waals surface area contributed by atoms with E-state index in [0.29, 0.717) is 0 Å². The Kier molecular flexibility index (Phi) is 8.61. The molecule has 19 heavy (non-hydrogen) atoms. The first-order valence-corrected chi connectivity index (χ1v) is 6.65. The molecule has 0 aliphatic rings. The van der Waals surface area contributed by atoms with Gasteiger partial charge in [-0.1, -0.05) is 20.3 Å². The Hall–Kier alpha value is -0.930. The molecule has 0 bridgehead atoms. The molecule has 2 N–H and O–H groups in total. The second-order valence-electron chi connectivity index (χ2n) is 4.60. The second-order valence-corrected chi connectivity index (χ2v) is 4.60. The van der Waals surface area contributed by atoms with E-state index < -0.39 is 0 Å². The van der Waals surface area contributed by atoms with E-state index in [9.17, 15) is 0 Å². The standard InChI is InChI=1S/C15H25NO2.ClH/c1-5-7-11-9-15(18-4)12(8-13(16)6-2)10-14(11)17-3;/h9-10,13H,5-8,16H2,1-4H3;1H. The highest BCUT2D eigenvalue weighted by Gasteiger charge is 2.12. The summed E-state index contributed by atoms with van der Waals surface area (Å²) >= 11 is 0. The number of hydrogen-bond acceptors (Lipinski definition) is 3. The Morgan fingerprint density at radius 2 is 1.58 bits per heavy atom. The molecule has 0 aliphatic carbocycles. The minimum Gasteiger partial charge on any atom is -0.496 e. The normalized spacial score (nSPS) is 11.6. The molecule has 0 radical (unpaired) electrons. The quantitative estimate of drug-likeness (QED) is 0.836. The van der Waals surface area contributed by atoms with E-state index >= 15 is 0 Å². The van der Waals surface area contributed by atoms with Gasteiger partial charge >= 0.3 is 0 Å². The summed E-state index contributed by atoms with van der Waals surface area (Å²) in [5.41, 5.74) is 8.35. The third-order valence-electron chi connectivity index (χ3n) is 3.21. The number of ether oxygens (including phenoxy) is 2. The van der Waals surface area contributed by atoms with Crippen LogP contribution in [0.1, 0.15) is 37.8 Å². The van der Waals surface area contributed by atoms with Gasteiger partial charge in [-0.25, -0.2) is 0 Å². The number of methoxy groups -OCH3 is 2. The van der Waals surface area contributed by atoms with Crippen molar-refractivity contribution in [3.05, 3.63) is 23.3 Å². The van der Waals surface area contributed by atoms with E-state index in [2.05, 4.69) is 26.0 Å². The molecule has 0 spiro atoms. The van der Waals surface area contributed by atoms with Crippen LogP contribution >= 0.6 is 12.4 Å². The van der Waals surface area contributed by atoms with Crippen molar-refractivity contribution in [1.29, 1.82) is 0 Å². The Morgan fingerprint density at radius 3 is 2.05 bits per heavy atom. The molecule has 1 aromatic rings. The van der Waals surface area contributed by atoms with Gasteiger partial charge < -0.3 is 15.2 Å². The van der Waals surface area contributed by atoms with E-state index in [4.69, 9.17) is 15.2 Å². The van der Waals surface area contributed by atoms with Crippen LogP contribution in [0.15, 0.2) is 12.1 Å². The number of rotatable bonds is 7. The minimum absolute atomic E-state index is 0. The molecule has 0 saturated heterocycles. The largest absolute Gasteiger partial charge is 0.496 e. The van der Waals surface area contributed by atoms with E-state index in [0.717, 1.165) is 42.7 Å². The molecular formula is C15H26ClNO2. The van der Waals surface area contributed by atoms with Gasteiger partial charge in [0.25, 0.3) is 0 Å². The summed E-state index contributed by atoms with van der Waals surface area (Å²) in [6, 6.07) is 4.32. The smallest absolute Gasteiger partial charge is 0.122 e. The van der Waals surface area contributed by atoms with Crippen molar-refractivity contribution in [2.45, 2.75) is 45.6 Å². The lowest BCUT2D eigenvalue weighted by Gasteiger charge is -2.16. The van der Waals surface area contributed by atoms with Crippen molar-refractivity contribution in [3.8, 4) is 11.5 Å². The third-order valence-corrected chi connectivity index (χ3v) is 3.21. The molecular weight excluding hydrogens is 262 g/mol. The Balaban J connectivity index is 0.00000324. The number of aryl methyl sites for hydroxylation is 1. The van der Waals surface area contributed by atoms with Gasteiger partial charge in [0.05, 0.1) is 14.2 Å². The Morgan fingerprint density at radius 1 is 1.05 bits per heavy atom. The molecule has 0 amide bonds. The number of benzene rings is 1. The molecule has 1 rings (SSSR count). The maximum Gasteiger partial charge on any atom is 0.122 e. The Bertz CT molecular complexity index is 383. The lowest BCUT2D eigenvalue weighted by molar-refractivity contribution is 0.393. The molecule has 4 heteroatoms. The summed E-state index contributed by atoms with van der Waals surface area (Å²) in [5, 5.41) is 0. The van der Waals surface area contributed by atoms with Crippen LogP contribution in [0.4, 0.5) is 0 Å². The van der Waals surface area contributed by atoms with E-state index in [1.54, 1.807) is 14.2 Å². The number of halogens is 1. The van der Waals surface area contributed by atoms with Gasteiger partial charge in [-0.05, 0) is 42.5 Å². The molecule has 1 atom stereocenters. The average Bonchev–Trinajstić information content (AvgIpc) is 2.39. The van der Waals surface area contributed by atoms with Crippen molar-refractivity contribution in [2.24, 2.45) is 5.73 Å². The van der Waals surface area contributed by atoms with Crippen LogP contribution in [0.2, 0.25) is 0 Å². The predicted octanol–water partition coefficient (Wildman–Crippen LogP) is 3.36. The first-order chi connectivity index (χ1) is 8.65. The number of hydrogen-bond donors (Lipinski definition) is 1. The molecule has 0 aliphatic heterocycles. The van der Waals surface area contributed by atoms with Gasteiger partial charge in [0.2, 0.25) is 0 Å². The predicted molar refractivity (Wildman–Crippen MR) is 82.8 cm³/mol. The van der Waals surface area contributed by atoms with Crippen LogP contribution in [0.3, 0.4) is 0 Å². The van der Waals surface area contributed by atoms with E-state index in [1.807, 2.05) is 0 Å². The molecule has 0 saturated carbocycles. The molecule has 3 nitrogen and oxygen atoms in total. The molecule has 0 fully saturated rings. The first-order valence-electron chi connectivity index (χ1n) is 6.65. The summed E-state index contributed by atoms with van der Waals surface area (Å²) in [6.07, 6.45) is 3.87. The van der Waals surface area contributed by atoms with Crippen molar-refractivity contribution < 1.29 is 9.47 Å². The van der Waals surface area contributed by atoms with Gasteiger partial charge in [0, 0.05) is 6.04 Å². The molecule has 1 unspecified atom stereocenters. The van der Waals surface area contributed by atoms with Crippen molar-refractivity contribution >= 4 is 12.4 Å². The average molecular weight is 288 g/mol. The summed E-state index contributed by atoms with van der Waals surface area (Å²) < 4.78 is 10.9. The zero-order valence-corrected chi connectivity index (χ0v) is 13.2. The topological polar surface area (TPSA) is 44.5 Å². The maximum atomic E-state index is 6.02. The third kappa shape index (κ3) is 4.92. The molecule has 1 aromatic carbocycles. The monoisotopic (exact) mass is 287 g/mol. The van der Waals surface area contributed by atoms with Gasteiger partial charge in [0.1, 0.15) is 11.5 Å². The zero-order chi connectivity index (χ0) is 13.5. The zero-order valence-electron chi connectivity index (χ0n) is 12.4. The maximum absolute atomic E-state index is 6.02. The fraction of sp³-hybridized carbons (Fsp3) is 0.600. The van der Waals surface area contributed by atoms with Gasteiger partial charge in [-0.15, -0.1) is 12.4 Å². The van der Waals surface area contributed by atoms with Crippen LogP contribution in [0, 0.1) is 0 Å². The van der Waals surface area contributed by atoms with Crippen molar-refractivity contribution in [3.63, 3.8) is 0 Å². The van der Waals surface area contributed by atoms with Gasteiger partial charge in [-0.3, -0.25) is 0 Å². The fourth-order valence-electron chi connectivity index (χ4n) is 2.08. The van der Waals surface area contributed by atoms with Crippen LogP contribution in [-0.4, -0.2) is 20.3 Å². The Labute approximate surface area is 122 Å². The SMILES string of the molecule is CCCc1cc(OC)c(CC(N)CC)cc1OC.Cl. The fourth-order valence-corrected chi connectivity index (χ4v) is 2.08. The van der Waals surface area contributed by atoms with Gasteiger partial charge in [0.15, 0.2) is 0 Å². The lowest BCUT2D eigenvalue weighted by Crippen LogP contribution is -2.21. The molecule has 110 valence electrons. The molecule has 0 heterocycles. The lowest BCUT2D eigenvalue weighted by atomic mass is 9.99. The van der Waals surface area contributed by atoms with E-state index in [1.165, 1.54) is 5.56 Å². The van der Waals surface area contributed by atoms with Crippen LogP contribution in [0.25, 0.3) is 0 Å². The van der Waals surface area contributed by atoms with Gasteiger partial charge in [-0.2, -0.15) is 0 Å². The van der Waals surface area contributed by atoms with Crippen LogP contribution in [-0.2, 0) is 12.8 Å². The van der Waals surface area contributed by atoms with Crippen molar-refractivity contribution in [2.75, 3.05) is 14.2 Å². The minimum atomic E-state index is 0. The highest BCUT2D eigenvalue weighted by atomic mass is 35.5. The second kappa shape index (κ2) is 9.05. The van der Waals surface area contributed by atoms with E-state index in [-0.39, 0.29) is 18.4 Å².